The fraction of sp³-hybridized carbons (Fsp3) is 1.00. The molecule has 1 aliphatic heterocycles. The van der Waals surface area contributed by atoms with Gasteiger partial charge in [0.05, 0.1) is 6.10 Å². The number of rotatable bonds is 4. The lowest BCUT2D eigenvalue weighted by molar-refractivity contribution is 0.0331. The largest absolute Gasteiger partial charge is 0.392 e. The van der Waals surface area contributed by atoms with Crippen LogP contribution in [0.4, 0.5) is 0 Å². The molecule has 0 bridgehead atoms. The predicted octanol–water partition coefficient (Wildman–Crippen LogP) is 2.51. The number of hydrogen-bond acceptors (Lipinski definition) is 2. The molecular formula is C13H27NO. The van der Waals surface area contributed by atoms with Gasteiger partial charge in [0.1, 0.15) is 0 Å². The van der Waals surface area contributed by atoms with Crippen molar-refractivity contribution in [2.45, 2.75) is 59.1 Å². The molecule has 2 heteroatoms. The maximum absolute atomic E-state index is 10.0. The monoisotopic (exact) mass is 213 g/mol. The Kier molecular flexibility index (Phi) is 5.07. The molecule has 90 valence electrons. The van der Waals surface area contributed by atoms with Crippen molar-refractivity contribution >= 4 is 0 Å². The van der Waals surface area contributed by atoms with Crippen LogP contribution in [0.3, 0.4) is 0 Å². The molecule has 0 aliphatic carbocycles. The quantitative estimate of drug-likeness (QED) is 0.775. The molecule has 1 saturated heterocycles. The second kappa shape index (κ2) is 5.86. The van der Waals surface area contributed by atoms with Gasteiger partial charge in [-0.05, 0) is 38.1 Å². The first kappa shape index (κ1) is 13.0. The summed E-state index contributed by atoms with van der Waals surface area (Å²) in [7, 11) is 0. The van der Waals surface area contributed by atoms with Gasteiger partial charge in [-0.15, -0.1) is 0 Å². The van der Waals surface area contributed by atoms with E-state index in [9.17, 15) is 5.11 Å². The van der Waals surface area contributed by atoms with Gasteiger partial charge in [0, 0.05) is 12.6 Å². The summed E-state index contributed by atoms with van der Waals surface area (Å²) < 4.78 is 0. The van der Waals surface area contributed by atoms with Gasteiger partial charge in [-0.1, -0.05) is 27.2 Å². The van der Waals surface area contributed by atoms with E-state index in [1.165, 1.54) is 12.8 Å². The average Bonchev–Trinajstić information content (AvgIpc) is 2.20. The summed E-state index contributed by atoms with van der Waals surface area (Å²) >= 11 is 0. The van der Waals surface area contributed by atoms with Gasteiger partial charge >= 0.3 is 0 Å². The molecule has 4 atom stereocenters. The van der Waals surface area contributed by atoms with Crippen LogP contribution in [0, 0.1) is 11.8 Å². The summed E-state index contributed by atoms with van der Waals surface area (Å²) in [5, 5.41) is 10.0. The normalized spacial score (nSPS) is 32.6. The first-order valence-electron chi connectivity index (χ1n) is 6.46. The molecule has 0 spiro atoms. The summed E-state index contributed by atoms with van der Waals surface area (Å²) in [5.41, 5.74) is 0. The highest BCUT2D eigenvalue weighted by atomic mass is 16.3. The molecule has 1 rings (SSSR count). The number of piperidine rings is 1. The van der Waals surface area contributed by atoms with Crippen molar-refractivity contribution < 1.29 is 5.11 Å². The van der Waals surface area contributed by atoms with Crippen molar-refractivity contribution in [3.8, 4) is 0 Å². The van der Waals surface area contributed by atoms with E-state index in [0.717, 1.165) is 25.4 Å². The molecule has 0 aromatic carbocycles. The minimum absolute atomic E-state index is 0.147. The first-order chi connectivity index (χ1) is 7.04. The number of nitrogens with zero attached hydrogens (tertiary/aromatic N) is 1. The first-order valence-corrected chi connectivity index (χ1v) is 6.46. The smallest absolute Gasteiger partial charge is 0.0692 e. The lowest BCUT2D eigenvalue weighted by Gasteiger charge is -2.38. The van der Waals surface area contributed by atoms with Crippen LogP contribution < -0.4 is 0 Å². The third kappa shape index (κ3) is 3.76. The Labute approximate surface area is 94.7 Å². The summed E-state index contributed by atoms with van der Waals surface area (Å²) in [6, 6.07) is 0.646. The van der Waals surface area contributed by atoms with Gasteiger partial charge < -0.3 is 5.11 Å². The lowest BCUT2D eigenvalue weighted by atomic mass is 9.92. The van der Waals surface area contributed by atoms with Crippen molar-refractivity contribution in [1.82, 2.24) is 4.90 Å². The molecule has 0 aromatic rings. The molecule has 0 saturated carbocycles. The van der Waals surface area contributed by atoms with Crippen LogP contribution in [0.5, 0.6) is 0 Å². The topological polar surface area (TPSA) is 23.5 Å². The molecular weight excluding hydrogens is 186 g/mol. The third-order valence-electron chi connectivity index (χ3n) is 4.00. The molecule has 1 N–H and O–H groups in total. The standard InChI is InChI=1S/C13H27NO/c1-5-11(3)13(15)9-14-7-6-10(2)8-12(14)4/h10-13,15H,5-9H2,1-4H3. The Bertz CT molecular complexity index is 183. The number of hydrogen-bond donors (Lipinski definition) is 1. The predicted molar refractivity (Wildman–Crippen MR) is 64.9 cm³/mol. The highest BCUT2D eigenvalue weighted by Crippen LogP contribution is 2.23. The molecule has 1 heterocycles. The van der Waals surface area contributed by atoms with Crippen molar-refractivity contribution in [2.24, 2.45) is 11.8 Å². The van der Waals surface area contributed by atoms with Crippen molar-refractivity contribution in [3.05, 3.63) is 0 Å². The average molecular weight is 213 g/mol. The fourth-order valence-electron chi connectivity index (χ4n) is 2.42. The molecule has 0 amide bonds. The molecule has 15 heavy (non-hydrogen) atoms. The van der Waals surface area contributed by atoms with Gasteiger partial charge in [0.25, 0.3) is 0 Å². The second-order valence-electron chi connectivity index (χ2n) is 5.43. The molecule has 1 aliphatic rings. The van der Waals surface area contributed by atoms with Crippen LogP contribution in [0.1, 0.15) is 47.0 Å². The number of likely N-dealkylation sites (tertiary alicyclic amines) is 1. The van der Waals surface area contributed by atoms with E-state index in [4.69, 9.17) is 0 Å². The Balaban J connectivity index is 2.37. The van der Waals surface area contributed by atoms with E-state index < -0.39 is 0 Å². The third-order valence-corrected chi connectivity index (χ3v) is 4.00. The highest BCUT2D eigenvalue weighted by molar-refractivity contribution is 4.79. The molecule has 1 fully saturated rings. The lowest BCUT2D eigenvalue weighted by Crippen LogP contribution is -2.45. The Hall–Kier alpha value is -0.0800. The maximum Gasteiger partial charge on any atom is 0.0692 e. The van der Waals surface area contributed by atoms with E-state index in [1.807, 2.05) is 0 Å². The molecule has 4 unspecified atom stereocenters. The molecule has 0 aromatic heterocycles. The SMILES string of the molecule is CCC(C)C(O)CN1CCC(C)CC1C. The molecule has 0 radical (unpaired) electrons. The van der Waals surface area contributed by atoms with Gasteiger partial charge in [-0.3, -0.25) is 4.90 Å². The number of β-amino-alcohol motifs (C(OH)–C–C–N with tert-alkyl or cyclic N) is 1. The Morgan fingerprint density at radius 1 is 1.40 bits per heavy atom. The van der Waals surface area contributed by atoms with Gasteiger partial charge in [0.2, 0.25) is 0 Å². The van der Waals surface area contributed by atoms with Crippen LogP contribution in [0.15, 0.2) is 0 Å². The van der Waals surface area contributed by atoms with Crippen molar-refractivity contribution in [2.75, 3.05) is 13.1 Å². The summed E-state index contributed by atoms with van der Waals surface area (Å²) in [6.07, 6.45) is 3.50. The van der Waals surface area contributed by atoms with E-state index in [2.05, 4.69) is 32.6 Å². The van der Waals surface area contributed by atoms with E-state index in [1.54, 1.807) is 0 Å². The fourth-order valence-corrected chi connectivity index (χ4v) is 2.42. The Morgan fingerprint density at radius 3 is 2.60 bits per heavy atom. The summed E-state index contributed by atoms with van der Waals surface area (Å²) in [6.45, 7) is 10.9. The van der Waals surface area contributed by atoms with E-state index in [-0.39, 0.29) is 6.10 Å². The summed E-state index contributed by atoms with van der Waals surface area (Å²) in [5.74, 6) is 1.29. The van der Waals surface area contributed by atoms with Crippen LogP contribution >= 0.6 is 0 Å². The van der Waals surface area contributed by atoms with Gasteiger partial charge in [0.15, 0.2) is 0 Å². The van der Waals surface area contributed by atoms with Crippen LogP contribution in [0.2, 0.25) is 0 Å². The highest BCUT2D eigenvalue weighted by Gasteiger charge is 2.25. The van der Waals surface area contributed by atoms with Crippen molar-refractivity contribution in [1.29, 1.82) is 0 Å². The van der Waals surface area contributed by atoms with E-state index >= 15 is 0 Å². The van der Waals surface area contributed by atoms with Crippen LogP contribution in [0.25, 0.3) is 0 Å². The van der Waals surface area contributed by atoms with Gasteiger partial charge in [-0.2, -0.15) is 0 Å². The van der Waals surface area contributed by atoms with Gasteiger partial charge in [-0.25, -0.2) is 0 Å². The van der Waals surface area contributed by atoms with Crippen molar-refractivity contribution in [3.63, 3.8) is 0 Å². The second-order valence-corrected chi connectivity index (χ2v) is 5.43. The zero-order valence-electron chi connectivity index (χ0n) is 10.7. The number of aliphatic hydroxyl groups excluding tert-OH is 1. The maximum atomic E-state index is 10.0. The number of aliphatic hydroxyl groups is 1. The van der Waals surface area contributed by atoms with E-state index in [0.29, 0.717) is 12.0 Å². The zero-order chi connectivity index (χ0) is 11.4. The van der Waals surface area contributed by atoms with Crippen LogP contribution in [-0.2, 0) is 0 Å². The van der Waals surface area contributed by atoms with Crippen LogP contribution in [-0.4, -0.2) is 35.2 Å². The Morgan fingerprint density at radius 2 is 2.07 bits per heavy atom. The minimum Gasteiger partial charge on any atom is -0.392 e. The zero-order valence-corrected chi connectivity index (χ0v) is 10.7. The minimum atomic E-state index is -0.147. The summed E-state index contributed by atoms with van der Waals surface area (Å²) in [4.78, 5) is 2.46. The molecule has 2 nitrogen and oxygen atoms in total.